The van der Waals surface area contributed by atoms with Gasteiger partial charge in [0.15, 0.2) is 0 Å². The van der Waals surface area contributed by atoms with Crippen LogP contribution in [0.25, 0.3) is 0 Å². The van der Waals surface area contributed by atoms with Crippen LogP contribution in [0.15, 0.2) is 23.4 Å². The summed E-state index contributed by atoms with van der Waals surface area (Å²) in [7, 11) is 0. The van der Waals surface area contributed by atoms with E-state index in [1.165, 1.54) is 11.1 Å². The van der Waals surface area contributed by atoms with Gasteiger partial charge >= 0.3 is 6.09 Å². The van der Waals surface area contributed by atoms with Gasteiger partial charge in [-0.2, -0.15) is 0 Å². The second-order valence-electron chi connectivity index (χ2n) is 4.48. The number of amides is 1. The van der Waals surface area contributed by atoms with Crippen molar-refractivity contribution in [3.8, 4) is 5.75 Å². The Morgan fingerprint density at radius 1 is 1.45 bits per heavy atom. The van der Waals surface area contributed by atoms with Gasteiger partial charge in [0, 0.05) is 25.9 Å². The molecule has 6 nitrogen and oxygen atoms in total. The molecule has 2 rings (SSSR count). The fraction of sp³-hybridized carbons (Fsp3) is 0.385. The minimum Gasteiger partial charge on any atom is -0.490 e. The van der Waals surface area contributed by atoms with Crippen LogP contribution in [-0.2, 0) is 0 Å². The molecular weight excluding hydrogens is 284 g/mol. The first-order chi connectivity index (χ1) is 9.61. The molecule has 1 aromatic rings. The van der Waals surface area contributed by atoms with Crippen molar-refractivity contribution in [3.05, 3.63) is 28.8 Å². The summed E-state index contributed by atoms with van der Waals surface area (Å²) in [5, 5.41) is 21.0. The topological polar surface area (TPSA) is 82.4 Å². The van der Waals surface area contributed by atoms with Crippen molar-refractivity contribution in [1.29, 1.82) is 0 Å². The van der Waals surface area contributed by atoms with Gasteiger partial charge in [0.25, 0.3) is 0 Å². The molecule has 7 heteroatoms. The number of ether oxygens (including phenoxy) is 1. The van der Waals surface area contributed by atoms with E-state index in [4.69, 9.17) is 26.7 Å². The maximum atomic E-state index is 10.8. The minimum atomic E-state index is -0.903. The van der Waals surface area contributed by atoms with E-state index in [2.05, 4.69) is 5.16 Å². The number of benzene rings is 1. The highest BCUT2D eigenvalue weighted by atomic mass is 35.5. The van der Waals surface area contributed by atoms with E-state index in [1.54, 1.807) is 18.2 Å². The van der Waals surface area contributed by atoms with Crippen LogP contribution in [0.4, 0.5) is 4.79 Å². The lowest BCUT2D eigenvalue weighted by molar-refractivity contribution is 0.0894. The highest BCUT2D eigenvalue weighted by Gasteiger charge is 2.24. The zero-order valence-electron chi connectivity index (χ0n) is 10.7. The van der Waals surface area contributed by atoms with Crippen molar-refractivity contribution in [2.45, 2.75) is 18.9 Å². The van der Waals surface area contributed by atoms with E-state index in [1.807, 2.05) is 0 Å². The van der Waals surface area contributed by atoms with E-state index in [-0.39, 0.29) is 6.10 Å². The Kier molecular flexibility index (Phi) is 4.68. The molecule has 0 spiro atoms. The van der Waals surface area contributed by atoms with Crippen LogP contribution in [0.1, 0.15) is 18.4 Å². The summed E-state index contributed by atoms with van der Waals surface area (Å²) in [6.07, 6.45) is 1.49. The van der Waals surface area contributed by atoms with Gasteiger partial charge in [-0.15, -0.1) is 0 Å². The Labute approximate surface area is 121 Å². The lowest BCUT2D eigenvalue weighted by Gasteiger charge is -2.30. The van der Waals surface area contributed by atoms with Crippen LogP contribution in [0, 0.1) is 0 Å². The fourth-order valence-corrected chi connectivity index (χ4v) is 2.36. The van der Waals surface area contributed by atoms with Gasteiger partial charge in [-0.25, -0.2) is 4.79 Å². The van der Waals surface area contributed by atoms with Crippen molar-refractivity contribution >= 4 is 23.9 Å². The normalized spacial score (nSPS) is 16.6. The summed E-state index contributed by atoms with van der Waals surface area (Å²) in [4.78, 5) is 12.2. The van der Waals surface area contributed by atoms with Gasteiger partial charge in [-0.05, 0) is 12.1 Å². The molecule has 1 aromatic carbocycles. The first kappa shape index (κ1) is 14.5. The van der Waals surface area contributed by atoms with Crippen molar-refractivity contribution in [2.24, 2.45) is 5.16 Å². The maximum absolute atomic E-state index is 10.8. The first-order valence-corrected chi connectivity index (χ1v) is 6.60. The van der Waals surface area contributed by atoms with Crippen molar-refractivity contribution in [1.82, 2.24) is 4.90 Å². The molecule has 2 N–H and O–H groups in total. The van der Waals surface area contributed by atoms with Crippen molar-refractivity contribution in [3.63, 3.8) is 0 Å². The fourth-order valence-electron chi connectivity index (χ4n) is 2.15. The molecule has 0 radical (unpaired) electrons. The zero-order valence-corrected chi connectivity index (χ0v) is 11.5. The number of likely N-dealkylation sites (tertiary alicyclic amines) is 1. The molecule has 0 atom stereocenters. The molecule has 1 fully saturated rings. The average Bonchev–Trinajstić information content (AvgIpc) is 2.43. The van der Waals surface area contributed by atoms with Crippen molar-refractivity contribution in [2.75, 3.05) is 13.1 Å². The largest absolute Gasteiger partial charge is 0.490 e. The summed E-state index contributed by atoms with van der Waals surface area (Å²) in [5.41, 5.74) is 0.511. The lowest BCUT2D eigenvalue weighted by Crippen LogP contribution is -2.41. The molecule has 1 saturated heterocycles. The molecule has 0 saturated carbocycles. The standard InChI is InChI=1S/C13H15ClN2O4/c14-11-2-1-3-12(10(11)8-15-19)20-9-4-6-16(7-5-9)13(17)18/h1-3,8-9,19H,4-7H2,(H,17,18). The molecule has 1 amide bonds. The van der Waals surface area contributed by atoms with E-state index in [9.17, 15) is 4.79 Å². The summed E-state index contributed by atoms with van der Waals surface area (Å²) in [5.74, 6) is 0.532. The third-order valence-electron chi connectivity index (χ3n) is 3.21. The number of carboxylic acid groups (broad SMARTS) is 1. The summed E-state index contributed by atoms with van der Waals surface area (Å²) in [6.45, 7) is 0.897. The average molecular weight is 299 g/mol. The predicted molar refractivity (Wildman–Crippen MR) is 74.1 cm³/mol. The number of hydrogen-bond acceptors (Lipinski definition) is 4. The summed E-state index contributed by atoms with van der Waals surface area (Å²) in [6, 6.07) is 5.17. The zero-order chi connectivity index (χ0) is 14.5. The molecule has 108 valence electrons. The molecule has 1 aliphatic rings. The number of halogens is 1. The maximum Gasteiger partial charge on any atom is 0.407 e. The number of oxime groups is 1. The van der Waals surface area contributed by atoms with E-state index in [0.29, 0.717) is 42.3 Å². The highest BCUT2D eigenvalue weighted by molar-refractivity contribution is 6.33. The van der Waals surface area contributed by atoms with Crippen LogP contribution in [0.5, 0.6) is 5.75 Å². The van der Waals surface area contributed by atoms with Crippen LogP contribution in [0.2, 0.25) is 5.02 Å². The second-order valence-corrected chi connectivity index (χ2v) is 4.89. The second kappa shape index (κ2) is 6.47. The molecule has 0 aromatic heterocycles. The Bertz CT molecular complexity index is 513. The Morgan fingerprint density at radius 2 is 2.15 bits per heavy atom. The molecule has 1 heterocycles. The first-order valence-electron chi connectivity index (χ1n) is 6.22. The number of rotatable bonds is 3. The van der Waals surface area contributed by atoms with Gasteiger partial charge in [-0.3, -0.25) is 0 Å². The number of hydrogen-bond donors (Lipinski definition) is 2. The molecule has 0 aliphatic carbocycles. The van der Waals surface area contributed by atoms with Crippen LogP contribution >= 0.6 is 11.6 Å². The predicted octanol–water partition coefficient (Wildman–Crippen LogP) is 2.67. The summed E-state index contributed by atoms with van der Waals surface area (Å²) < 4.78 is 5.84. The Morgan fingerprint density at radius 3 is 2.75 bits per heavy atom. The number of nitrogens with zero attached hydrogens (tertiary/aromatic N) is 2. The van der Waals surface area contributed by atoms with Gasteiger partial charge in [0.1, 0.15) is 11.9 Å². The third kappa shape index (κ3) is 3.33. The Hall–Kier alpha value is -1.95. The van der Waals surface area contributed by atoms with Gasteiger partial charge in [-0.1, -0.05) is 22.8 Å². The van der Waals surface area contributed by atoms with E-state index >= 15 is 0 Å². The minimum absolute atomic E-state index is 0.0742. The number of carbonyl (C=O) groups is 1. The number of piperidine rings is 1. The van der Waals surface area contributed by atoms with Crippen LogP contribution in [-0.4, -0.2) is 46.7 Å². The highest BCUT2D eigenvalue weighted by Crippen LogP contribution is 2.27. The SMILES string of the molecule is O=C(O)N1CCC(Oc2cccc(Cl)c2C=NO)CC1. The van der Waals surface area contributed by atoms with Crippen LogP contribution < -0.4 is 4.74 Å². The third-order valence-corrected chi connectivity index (χ3v) is 3.54. The lowest BCUT2D eigenvalue weighted by atomic mass is 10.1. The Balaban J connectivity index is 2.05. The molecular formula is C13H15ClN2O4. The molecule has 20 heavy (non-hydrogen) atoms. The summed E-state index contributed by atoms with van der Waals surface area (Å²) >= 11 is 6.02. The monoisotopic (exact) mass is 298 g/mol. The molecule has 0 bridgehead atoms. The van der Waals surface area contributed by atoms with Gasteiger partial charge in [0.05, 0.1) is 16.8 Å². The van der Waals surface area contributed by atoms with Gasteiger partial charge < -0.3 is 20.0 Å². The van der Waals surface area contributed by atoms with E-state index < -0.39 is 6.09 Å². The molecule has 1 aliphatic heterocycles. The molecule has 0 unspecified atom stereocenters. The quantitative estimate of drug-likeness (QED) is 0.510. The van der Waals surface area contributed by atoms with Gasteiger partial charge in [0.2, 0.25) is 0 Å². The van der Waals surface area contributed by atoms with Crippen LogP contribution in [0.3, 0.4) is 0 Å². The smallest absolute Gasteiger partial charge is 0.407 e. The van der Waals surface area contributed by atoms with E-state index in [0.717, 1.165) is 0 Å². The van der Waals surface area contributed by atoms with Crippen molar-refractivity contribution < 1.29 is 19.8 Å².